The first-order valence-electron chi connectivity index (χ1n) is 10.3. The predicted molar refractivity (Wildman–Crippen MR) is 116 cm³/mol. The molecule has 4 bridgehead atoms. The van der Waals surface area contributed by atoms with Crippen LogP contribution in [0.3, 0.4) is 0 Å². The third-order valence-corrected chi connectivity index (χ3v) is 7.40. The number of halogens is 2. The third kappa shape index (κ3) is 4.43. The topological polar surface area (TPSA) is 58.6 Å². The average Bonchev–Trinajstić information content (AvgIpc) is 2.63. The van der Waals surface area contributed by atoms with E-state index in [0.29, 0.717) is 17.8 Å². The van der Waals surface area contributed by atoms with Crippen LogP contribution in [0, 0.1) is 17.8 Å². The monoisotopic (exact) mass is 482 g/mol. The highest BCUT2D eigenvalue weighted by Gasteiger charge is 2.57. The summed E-state index contributed by atoms with van der Waals surface area (Å²) in [5.74, 6) is 1.11. The van der Waals surface area contributed by atoms with E-state index in [-0.39, 0.29) is 23.4 Å². The fraction of sp³-hybridized carbons (Fsp3) is 0.636. The van der Waals surface area contributed by atoms with Gasteiger partial charge in [-0.1, -0.05) is 46.3 Å². The number of hydrogen-bond donors (Lipinski definition) is 1. The van der Waals surface area contributed by atoms with Crippen molar-refractivity contribution in [3.8, 4) is 0 Å². The largest absolute Gasteiger partial charge is 0.443 e. The van der Waals surface area contributed by atoms with Gasteiger partial charge in [0.15, 0.2) is 0 Å². The van der Waals surface area contributed by atoms with Crippen LogP contribution in [-0.2, 0) is 16.1 Å². The summed E-state index contributed by atoms with van der Waals surface area (Å²) in [6, 6.07) is 9.47. The third-order valence-electron chi connectivity index (χ3n) is 6.60. The van der Waals surface area contributed by atoms with Crippen molar-refractivity contribution in [1.82, 2.24) is 10.4 Å². The number of hydrazine groups is 1. The molecule has 2 unspecified atom stereocenters. The highest BCUT2D eigenvalue weighted by atomic mass is 79.9. The lowest BCUT2D eigenvalue weighted by Crippen LogP contribution is -2.66. The zero-order chi connectivity index (χ0) is 20.8. The van der Waals surface area contributed by atoms with Gasteiger partial charge in [0, 0.05) is 4.87 Å². The SMILES string of the molecule is CC(C)(Br)C(=O)N(NC(=O)OCc1ccccc1)C1C2CC3CC1CC(Cl)(C3)C2. The Balaban J connectivity index is 1.50. The first-order chi connectivity index (χ1) is 13.6. The zero-order valence-electron chi connectivity index (χ0n) is 16.9. The van der Waals surface area contributed by atoms with E-state index in [1.807, 2.05) is 30.3 Å². The summed E-state index contributed by atoms with van der Waals surface area (Å²) in [5.41, 5.74) is 3.69. The normalized spacial score (nSPS) is 32.7. The maximum Gasteiger partial charge on any atom is 0.426 e. The lowest BCUT2D eigenvalue weighted by atomic mass is 9.53. The minimum atomic E-state index is -0.785. The van der Waals surface area contributed by atoms with E-state index in [4.69, 9.17) is 16.3 Å². The van der Waals surface area contributed by atoms with Crippen molar-refractivity contribution in [1.29, 1.82) is 0 Å². The van der Waals surface area contributed by atoms with Crippen LogP contribution in [0.2, 0.25) is 0 Å². The van der Waals surface area contributed by atoms with Crippen molar-refractivity contribution in [2.24, 2.45) is 17.8 Å². The molecule has 7 heteroatoms. The van der Waals surface area contributed by atoms with E-state index in [1.54, 1.807) is 18.9 Å². The fourth-order valence-electron chi connectivity index (χ4n) is 5.72. The van der Waals surface area contributed by atoms with Gasteiger partial charge in [-0.2, -0.15) is 0 Å². The van der Waals surface area contributed by atoms with Crippen LogP contribution in [-0.4, -0.2) is 32.2 Å². The van der Waals surface area contributed by atoms with Gasteiger partial charge in [-0.05, 0) is 69.3 Å². The van der Waals surface area contributed by atoms with Crippen molar-refractivity contribution in [3.05, 3.63) is 35.9 Å². The van der Waals surface area contributed by atoms with E-state index < -0.39 is 10.4 Å². The summed E-state index contributed by atoms with van der Waals surface area (Å²) in [4.78, 5) is 25.7. The van der Waals surface area contributed by atoms with Gasteiger partial charge in [0.1, 0.15) is 10.9 Å². The molecule has 0 aromatic heterocycles. The summed E-state index contributed by atoms with van der Waals surface area (Å²) < 4.78 is 4.61. The molecule has 0 heterocycles. The zero-order valence-corrected chi connectivity index (χ0v) is 19.2. The number of nitrogens with zero attached hydrogens (tertiary/aromatic N) is 1. The highest BCUT2D eigenvalue weighted by Crippen LogP contribution is 2.59. The molecule has 4 aliphatic carbocycles. The molecule has 1 aromatic carbocycles. The van der Waals surface area contributed by atoms with Gasteiger partial charge in [0.2, 0.25) is 0 Å². The average molecular weight is 484 g/mol. The van der Waals surface area contributed by atoms with Crippen LogP contribution in [0.1, 0.15) is 51.5 Å². The first kappa shape index (κ1) is 21.0. The van der Waals surface area contributed by atoms with Crippen LogP contribution in [0.25, 0.3) is 0 Å². The Labute approximate surface area is 185 Å². The van der Waals surface area contributed by atoms with Crippen molar-refractivity contribution < 1.29 is 14.3 Å². The Morgan fingerprint density at radius 1 is 1.21 bits per heavy atom. The summed E-state index contributed by atoms with van der Waals surface area (Å²) in [6.07, 6.45) is 4.43. The number of alkyl halides is 2. The quantitative estimate of drug-likeness (QED) is 0.483. The molecule has 5 nitrogen and oxygen atoms in total. The molecular weight excluding hydrogens is 456 g/mol. The molecule has 4 saturated carbocycles. The Bertz CT molecular complexity index is 766. The molecule has 0 saturated heterocycles. The van der Waals surface area contributed by atoms with Gasteiger partial charge in [-0.15, -0.1) is 11.6 Å². The maximum atomic E-state index is 13.3. The van der Waals surface area contributed by atoms with Gasteiger partial charge in [0.05, 0.1) is 6.04 Å². The minimum Gasteiger partial charge on any atom is -0.443 e. The molecule has 4 fully saturated rings. The summed E-state index contributed by atoms with van der Waals surface area (Å²) in [5, 5.41) is 1.55. The van der Waals surface area contributed by atoms with Crippen molar-refractivity contribution in [2.45, 2.75) is 67.8 Å². The van der Waals surface area contributed by atoms with Crippen molar-refractivity contribution in [3.63, 3.8) is 0 Å². The molecule has 158 valence electrons. The van der Waals surface area contributed by atoms with E-state index in [0.717, 1.165) is 37.7 Å². The molecule has 1 N–H and O–H groups in total. The lowest BCUT2D eigenvalue weighted by Gasteiger charge is -2.59. The van der Waals surface area contributed by atoms with E-state index in [1.165, 1.54) is 0 Å². The second-order valence-corrected chi connectivity index (χ2v) is 12.2. The van der Waals surface area contributed by atoms with Gasteiger partial charge in [0.25, 0.3) is 5.91 Å². The van der Waals surface area contributed by atoms with Crippen LogP contribution in [0.15, 0.2) is 30.3 Å². The number of nitrogens with one attached hydrogen (secondary N) is 1. The number of carbonyl (C=O) groups excluding carboxylic acids is 2. The van der Waals surface area contributed by atoms with Gasteiger partial charge in [-0.25, -0.2) is 15.2 Å². The molecule has 5 rings (SSSR count). The number of hydrogen-bond acceptors (Lipinski definition) is 3. The molecular formula is C22H28BrClN2O3. The molecule has 0 aliphatic heterocycles. The molecule has 2 atom stereocenters. The lowest BCUT2D eigenvalue weighted by molar-refractivity contribution is -0.149. The summed E-state index contributed by atoms with van der Waals surface area (Å²) in [7, 11) is 0. The van der Waals surface area contributed by atoms with Gasteiger partial charge < -0.3 is 4.74 Å². The smallest absolute Gasteiger partial charge is 0.426 e. The van der Waals surface area contributed by atoms with Crippen LogP contribution < -0.4 is 5.43 Å². The van der Waals surface area contributed by atoms with E-state index >= 15 is 0 Å². The van der Waals surface area contributed by atoms with Crippen molar-refractivity contribution in [2.75, 3.05) is 0 Å². The highest BCUT2D eigenvalue weighted by molar-refractivity contribution is 9.10. The first-order valence-corrected chi connectivity index (χ1v) is 11.5. The summed E-state index contributed by atoms with van der Waals surface area (Å²) in [6.45, 7) is 3.77. The Kier molecular flexibility index (Phi) is 5.62. The number of carbonyl (C=O) groups is 2. The number of amides is 2. The molecule has 0 radical (unpaired) electrons. The molecule has 4 aliphatic rings. The Hall–Kier alpha value is -1.27. The van der Waals surface area contributed by atoms with Gasteiger partial charge in [-0.3, -0.25) is 4.79 Å². The number of rotatable bonds is 4. The Morgan fingerprint density at radius 3 is 2.38 bits per heavy atom. The predicted octanol–water partition coefficient (Wildman–Crippen LogP) is 5.02. The number of benzene rings is 1. The van der Waals surface area contributed by atoms with Crippen LogP contribution in [0.4, 0.5) is 4.79 Å². The minimum absolute atomic E-state index is 0.0352. The molecule has 2 amide bonds. The van der Waals surface area contributed by atoms with Crippen LogP contribution in [0.5, 0.6) is 0 Å². The van der Waals surface area contributed by atoms with Crippen molar-refractivity contribution >= 4 is 39.5 Å². The molecule has 29 heavy (non-hydrogen) atoms. The molecule has 1 aromatic rings. The fourth-order valence-corrected chi connectivity index (χ4v) is 6.53. The van der Waals surface area contributed by atoms with E-state index in [9.17, 15) is 9.59 Å². The summed E-state index contributed by atoms with van der Waals surface area (Å²) >= 11 is 10.3. The molecule has 0 spiro atoms. The van der Waals surface area contributed by atoms with Gasteiger partial charge >= 0.3 is 6.09 Å². The van der Waals surface area contributed by atoms with E-state index in [2.05, 4.69) is 21.4 Å². The number of ether oxygens (including phenoxy) is 1. The van der Waals surface area contributed by atoms with Crippen LogP contribution >= 0.6 is 27.5 Å². The standard InChI is InChI=1S/C22H28BrClN2O3/c1-21(2,23)19(27)26(25-20(28)29-13-14-6-4-3-5-7-14)18-16-8-15-9-17(18)12-22(24,10-15)11-16/h3-7,15-18H,8-13H2,1-2H3,(H,25,28). The maximum absolute atomic E-state index is 13.3. The second-order valence-electron chi connectivity index (χ2n) is 9.43. The second kappa shape index (κ2) is 7.77. The Morgan fingerprint density at radius 2 is 1.83 bits per heavy atom.